The van der Waals surface area contributed by atoms with Gasteiger partial charge in [0, 0.05) is 39.3 Å². The molecule has 1 aromatic heterocycles. The average Bonchev–Trinajstić information content (AvgIpc) is 3.50. The van der Waals surface area contributed by atoms with Gasteiger partial charge in [-0.15, -0.1) is 11.3 Å². The summed E-state index contributed by atoms with van der Waals surface area (Å²) in [5.74, 6) is 0.274. The molecule has 0 unspecified atom stereocenters. The van der Waals surface area contributed by atoms with Gasteiger partial charge < -0.3 is 14.8 Å². The second-order valence-corrected chi connectivity index (χ2v) is 10.9. The number of nitrogens with one attached hydrogen (secondary N) is 2. The first-order valence-electron chi connectivity index (χ1n) is 12.9. The van der Waals surface area contributed by atoms with E-state index in [4.69, 9.17) is 32.7 Å². The van der Waals surface area contributed by atoms with Crippen LogP contribution in [0.25, 0.3) is 11.3 Å². The number of non-ortho nitro benzene ring substituents is 1. The zero-order chi connectivity index (χ0) is 31.1. The number of carbonyl (C=O) groups excluding carboxylic acids is 1. The van der Waals surface area contributed by atoms with Gasteiger partial charge in [-0.2, -0.15) is 5.10 Å². The zero-order valence-corrected chi connectivity index (χ0v) is 25.3. The van der Waals surface area contributed by atoms with Crippen LogP contribution in [0, 0.1) is 10.1 Å². The molecule has 0 fully saturated rings. The zero-order valence-electron chi connectivity index (χ0n) is 23.0. The quantitative estimate of drug-likeness (QED) is 0.0841. The fourth-order valence-electron chi connectivity index (χ4n) is 3.97. The van der Waals surface area contributed by atoms with Gasteiger partial charge in [0.15, 0.2) is 16.6 Å². The summed E-state index contributed by atoms with van der Waals surface area (Å²) in [6.07, 6.45) is 1.44. The SMILES string of the molecule is COc1cc(/C=N\NC(=O)c2ccc(-c3csc(Nc4ccc(Cl)cc4)n3)cc2)cc(Cl)c1OCc1ccc([N+](=O)[O-])cc1. The summed E-state index contributed by atoms with van der Waals surface area (Å²) in [7, 11) is 1.47. The van der Waals surface area contributed by atoms with Crippen LogP contribution in [0.5, 0.6) is 11.5 Å². The second kappa shape index (κ2) is 14.0. The Morgan fingerprint density at radius 3 is 2.45 bits per heavy atom. The Morgan fingerprint density at radius 1 is 1.05 bits per heavy atom. The molecule has 44 heavy (non-hydrogen) atoms. The van der Waals surface area contributed by atoms with Gasteiger partial charge in [-0.1, -0.05) is 35.3 Å². The number of hydrogen-bond donors (Lipinski definition) is 2. The van der Waals surface area contributed by atoms with Crippen molar-refractivity contribution in [1.29, 1.82) is 0 Å². The molecule has 2 N–H and O–H groups in total. The maximum atomic E-state index is 12.7. The molecule has 5 aromatic rings. The Hall–Kier alpha value is -4.97. The second-order valence-electron chi connectivity index (χ2n) is 9.19. The summed E-state index contributed by atoms with van der Waals surface area (Å²) in [5.41, 5.74) is 6.73. The largest absolute Gasteiger partial charge is 0.493 e. The molecule has 0 saturated heterocycles. The number of halogens is 2. The number of rotatable bonds is 11. The van der Waals surface area contributed by atoms with E-state index in [1.54, 1.807) is 48.5 Å². The molecule has 222 valence electrons. The van der Waals surface area contributed by atoms with E-state index in [1.807, 2.05) is 29.6 Å². The highest BCUT2D eigenvalue weighted by molar-refractivity contribution is 7.14. The smallest absolute Gasteiger partial charge is 0.271 e. The fourth-order valence-corrected chi connectivity index (χ4v) is 5.11. The van der Waals surface area contributed by atoms with Crippen molar-refractivity contribution in [1.82, 2.24) is 10.4 Å². The number of hydrogen-bond acceptors (Lipinski definition) is 9. The van der Waals surface area contributed by atoms with Crippen LogP contribution < -0.4 is 20.2 Å². The van der Waals surface area contributed by atoms with Crippen LogP contribution >= 0.6 is 34.5 Å². The summed E-state index contributed by atoms with van der Waals surface area (Å²) in [6, 6.07) is 23.7. The molecular formula is C31H23Cl2N5O5S. The van der Waals surface area contributed by atoms with Crippen molar-refractivity contribution in [3.8, 4) is 22.8 Å². The fraction of sp³-hybridized carbons (Fsp3) is 0.0645. The molecule has 0 spiro atoms. The molecule has 5 rings (SSSR count). The Kier molecular flexibility index (Phi) is 9.70. The van der Waals surface area contributed by atoms with E-state index in [0.29, 0.717) is 27.6 Å². The number of aromatic nitrogens is 1. The van der Waals surface area contributed by atoms with Gasteiger partial charge >= 0.3 is 0 Å². The van der Waals surface area contributed by atoms with Crippen LogP contribution in [0.15, 0.2) is 95.4 Å². The predicted octanol–water partition coefficient (Wildman–Crippen LogP) is 8.12. The summed E-state index contributed by atoms with van der Waals surface area (Å²) < 4.78 is 11.2. The molecule has 1 amide bonds. The molecular weight excluding hydrogens is 625 g/mol. The van der Waals surface area contributed by atoms with E-state index in [1.165, 1.54) is 36.8 Å². The molecule has 13 heteroatoms. The van der Waals surface area contributed by atoms with Crippen LogP contribution in [-0.2, 0) is 6.61 Å². The minimum Gasteiger partial charge on any atom is -0.493 e. The van der Waals surface area contributed by atoms with E-state index in [0.717, 1.165) is 27.6 Å². The van der Waals surface area contributed by atoms with Crippen LogP contribution in [0.3, 0.4) is 0 Å². The molecule has 0 bridgehead atoms. The first-order valence-corrected chi connectivity index (χ1v) is 14.6. The number of nitro groups is 1. The highest BCUT2D eigenvalue weighted by atomic mass is 35.5. The number of anilines is 2. The van der Waals surface area contributed by atoms with Crippen molar-refractivity contribution >= 4 is 63.2 Å². The van der Waals surface area contributed by atoms with E-state index >= 15 is 0 Å². The van der Waals surface area contributed by atoms with Crippen molar-refractivity contribution < 1.29 is 19.2 Å². The molecule has 0 aliphatic heterocycles. The Bertz CT molecular complexity index is 1810. The topological polar surface area (TPSA) is 128 Å². The van der Waals surface area contributed by atoms with E-state index < -0.39 is 10.8 Å². The van der Waals surface area contributed by atoms with Crippen LogP contribution in [0.2, 0.25) is 10.0 Å². The molecule has 1 heterocycles. The summed E-state index contributed by atoms with van der Waals surface area (Å²) in [5, 5.41) is 21.7. The Labute approximate surface area is 266 Å². The lowest BCUT2D eigenvalue weighted by atomic mass is 10.1. The molecule has 10 nitrogen and oxygen atoms in total. The van der Waals surface area contributed by atoms with Crippen molar-refractivity contribution in [2.45, 2.75) is 6.61 Å². The van der Waals surface area contributed by atoms with Gasteiger partial charge in [-0.05, 0) is 71.8 Å². The van der Waals surface area contributed by atoms with Gasteiger partial charge in [0.1, 0.15) is 6.61 Å². The number of hydrazone groups is 1. The number of nitro benzene ring substituents is 1. The van der Waals surface area contributed by atoms with Crippen molar-refractivity contribution in [3.63, 3.8) is 0 Å². The molecule has 0 aliphatic carbocycles. The van der Waals surface area contributed by atoms with Gasteiger partial charge in [-0.3, -0.25) is 14.9 Å². The monoisotopic (exact) mass is 647 g/mol. The lowest BCUT2D eigenvalue weighted by Crippen LogP contribution is -2.17. The van der Waals surface area contributed by atoms with E-state index in [-0.39, 0.29) is 17.3 Å². The number of ether oxygens (including phenoxy) is 2. The van der Waals surface area contributed by atoms with E-state index in [2.05, 4.69) is 20.8 Å². The number of amides is 1. The van der Waals surface area contributed by atoms with Crippen LogP contribution in [-0.4, -0.2) is 29.1 Å². The number of benzene rings is 4. The highest BCUT2D eigenvalue weighted by Gasteiger charge is 2.13. The third kappa shape index (κ3) is 7.70. The Balaban J connectivity index is 1.17. The van der Waals surface area contributed by atoms with Crippen molar-refractivity contribution in [3.05, 3.63) is 127 Å². The summed E-state index contributed by atoms with van der Waals surface area (Å²) in [6.45, 7) is 0.125. The van der Waals surface area contributed by atoms with Gasteiger partial charge in [0.2, 0.25) is 0 Å². The van der Waals surface area contributed by atoms with Gasteiger partial charge in [-0.25, -0.2) is 10.4 Å². The standard InChI is InChI=1S/C31H23Cl2N5O5S/c1-42-28-15-20(14-26(33)29(28)43-17-19-2-12-25(13-3-19)38(40)41)16-34-37-30(39)22-6-4-21(5-7-22)27-18-44-31(36-27)35-24-10-8-23(32)9-11-24/h2-16,18H,17H2,1H3,(H,35,36)(H,37,39)/b34-16-. The van der Waals surface area contributed by atoms with Crippen LogP contribution in [0.4, 0.5) is 16.5 Å². The maximum absolute atomic E-state index is 12.7. The van der Waals surface area contributed by atoms with Crippen molar-refractivity contribution in [2.24, 2.45) is 5.10 Å². The lowest BCUT2D eigenvalue weighted by molar-refractivity contribution is -0.384. The lowest BCUT2D eigenvalue weighted by Gasteiger charge is -2.13. The predicted molar refractivity (Wildman–Crippen MR) is 173 cm³/mol. The van der Waals surface area contributed by atoms with Gasteiger partial charge in [0.25, 0.3) is 11.6 Å². The number of carbonyl (C=O) groups is 1. The Morgan fingerprint density at radius 2 is 1.77 bits per heavy atom. The normalized spacial score (nSPS) is 10.9. The third-order valence-electron chi connectivity index (χ3n) is 6.20. The molecule has 0 radical (unpaired) electrons. The average molecular weight is 649 g/mol. The van der Waals surface area contributed by atoms with E-state index in [9.17, 15) is 14.9 Å². The van der Waals surface area contributed by atoms with Crippen molar-refractivity contribution in [2.75, 3.05) is 12.4 Å². The number of methoxy groups -OCH3 is 1. The molecule has 0 aliphatic rings. The summed E-state index contributed by atoms with van der Waals surface area (Å²) in [4.78, 5) is 27.7. The third-order valence-corrected chi connectivity index (χ3v) is 7.49. The number of thiazole rings is 1. The molecule has 4 aromatic carbocycles. The maximum Gasteiger partial charge on any atom is 0.271 e. The molecule has 0 saturated carbocycles. The summed E-state index contributed by atoms with van der Waals surface area (Å²) >= 11 is 13.9. The van der Waals surface area contributed by atoms with Crippen LogP contribution in [0.1, 0.15) is 21.5 Å². The number of nitrogens with zero attached hydrogens (tertiary/aromatic N) is 3. The molecule has 0 atom stereocenters. The minimum atomic E-state index is -0.467. The first-order chi connectivity index (χ1) is 21.3. The van der Waals surface area contributed by atoms with Gasteiger partial charge in [0.05, 0.1) is 29.0 Å². The first kappa shape index (κ1) is 30.5. The highest BCUT2D eigenvalue weighted by Crippen LogP contribution is 2.36. The minimum absolute atomic E-state index is 0.00863.